The molecule has 15 heavy (non-hydrogen) atoms. The van der Waals surface area contributed by atoms with Crippen molar-refractivity contribution in [1.29, 1.82) is 0 Å². The van der Waals surface area contributed by atoms with Gasteiger partial charge in [-0.25, -0.2) is 0 Å². The summed E-state index contributed by atoms with van der Waals surface area (Å²) in [6, 6.07) is 0.0266. The highest BCUT2D eigenvalue weighted by molar-refractivity contribution is 5.78. The summed E-state index contributed by atoms with van der Waals surface area (Å²) in [5.41, 5.74) is 0. The SMILES string of the molecule is C#CC(CC)NCC(=O)N1CCCCC1. The highest BCUT2D eigenvalue weighted by Gasteiger charge is 2.16. The summed E-state index contributed by atoms with van der Waals surface area (Å²) < 4.78 is 0. The van der Waals surface area contributed by atoms with Gasteiger partial charge in [-0.1, -0.05) is 12.8 Å². The van der Waals surface area contributed by atoms with E-state index in [9.17, 15) is 4.79 Å². The third kappa shape index (κ3) is 3.93. The van der Waals surface area contributed by atoms with Crippen LogP contribution < -0.4 is 5.32 Å². The van der Waals surface area contributed by atoms with Gasteiger partial charge in [-0.15, -0.1) is 6.42 Å². The molecule has 0 aromatic heterocycles. The first kappa shape index (κ1) is 12.1. The predicted octanol–water partition coefficient (Wildman–Crippen LogP) is 1.00. The maximum Gasteiger partial charge on any atom is 0.236 e. The summed E-state index contributed by atoms with van der Waals surface area (Å²) in [5, 5.41) is 3.09. The Bertz CT molecular complexity index is 238. The van der Waals surface area contributed by atoms with E-state index < -0.39 is 0 Å². The van der Waals surface area contributed by atoms with Gasteiger partial charge in [-0.05, 0) is 25.7 Å². The van der Waals surface area contributed by atoms with Crippen LogP contribution in [0.25, 0.3) is 0 Å². The summed E-state index contributed by atoms with van der Waals surface area (Å²) in [5.74, 6) is 2.81. The summed E-state index contributed by atoms with van der Waals surface area (Å²) in [7, 11) is 0. The number of hydrogen-bond acceptors (Lipinski definition) is 2. The van der Waals surface area contributed by atoms with E-state index in [2.05, 4.69) is 11.2 Å². The highest BCUT2D eigenvalue weighted by Crippen LogP contribution is 2.08. The summed E-state index contributed by atoms with van der Waals surface area (Å²) in [6.07, 6.45) is 9.70. The Labute approximate surface area is 92.2 Å². The van der Waals surface area contributed by atoms with Crippen LogP contribution >= 0.6 is 0 Å². The van der Waals surface area contributed by atoms with E-state index in [1.54, 1.807) is 0 Å². The average Bonchev–Trinajstić information content (AvgIpc) is 2.31. The fourth-order valence-electron chi connectivity index (χ4n) is 1.79. The monoisotopic (exact) mass is 208 g/mol. The molecule has 1 fully saturated rings. The Hall–Kier alpha value is -1.01. The molecule has 84 valence electrons. The van der Waals surface area contributed by atoms with E-state index in [0.29, 0.717) is 6.54 Å². The van der Waals surface area contributed by atoms with Crippen molar-refractivity contribution in [2.75, 3.05) is 19.6 Å². The number of terminal acetylenes is 1. The van der Waals surface area contributed by atoms with Crippen LogP contribution in [0.2, 0.25) is 0 Å². The smallest absolute Gasteiger partial charge is 0.236 e. The molecule has 1 atom stereocenters. The number of carbonyl (C=O) groups is 1. The molecular formula is C12H20N2O. The largest absolute Gasteiger partial charge is 0.342 e. The lowest BCUT2D eigenvalue weighted by Crippen LogP contribution is -2.43. The number of piperidine rings is 1. The Morgan fingerprint density at radius 2 is 2.13 bits per heavy atom. The molecule has 0 saturated carbocycles. The van der Waals surface area contributed by atoms with Gasteiger partial charge in [0.2, 0.25) is 5.91 Å². The number of nitrogens with one attached hydrogen (secondary N) is 1. The van der Waals surface area contributed by atoms with Crippen molar-refractivity contribution in [3.8, 4) is 12.3 Å². The molecule has 3 nitrogen and oxygen atoms in total. The van der Waals surface area contributed by atoms with Crippen LogP contribution in [-0.4, -0.2) is 36.5 Å². The Kier molecular flexibility index (Phi) is 5.20. The second-order valence-electron chi connectivity index (χ2n) is 3.95. The minimum Gasteiger partial charge on any atom is -0.342 e. The van der Waals surface area contributed by atoms with Crippen LogP contribution in [0.5, 0.6) is 0 Å². The lowest BCUT2D eigenvalue weighted by atomic mass is 10.1. The maximum atomic E-state index is 11.7. The predicted molar refractivity (Wildman–Crippen MR) is 61.3 cm³/mol. The lowest BCUT2D eigenvalue weighted by Gasteiger charge is -2.27. The minimum atomic E-state index is 0.0266. The van der Waals surface area contributed by atoms with Crippen molar-refractivity contribution >= 4 is 5.91 Å². The molecule has 1 heterocycles. The fraction of sp³-hybridized carbons (Fsp3) is 0.750. The zero-order chi connectivity index (χ0) is 11.1. The third-order valence-corrected chi connectivity index (χ3v) is 2.82. The van der Waals surface area contributed by atoms with Gasteiger partial charge in [0.1, 0.15) is 0 Å². The first-order chi connectivity index (χ1) is 7.27. The van der Waals surface area contributed by atoms with Crippen molar-refractivity contribution in [2.45, 2.75) is 38.6 Å². The molecule has 0 aliphatic carbocycles. The van der Waals surface area contributed by atoms with Gasteiger partial charge >= 0.3 is 0 Å². The molecule has 1 aliphatic rings. The minimum absolute atomic E-state index is 0.0266. The Balaban J connectivity index is 2.25. The zero-order valence-corrected chi connectivity index (χ0v) is 9.46. The van der Waals surface area contributed by atoms with Gasteiger partial charge in [0, 0.05) is 13.1 Å². The van der Waals surface area contributed by atoms with Crippen molar-refractivity contribution < 1.29 is 4.79 Å². The number of likely N-dealkylation sites (tertiary alicyclic amines) is 1. The number of rotatable bonds is 4. The van der Waals surface area contributed by atoms with E-state index in [0.717, 1.165) is 32.4 Å². The van der Waals surface area contributed by atoms with Gasteiger partial charge in [0.15, 0.2) is 0 Å². The molecule has 1 rings (SSSR count). The molecular weight excluding hydrogens is 188 g/mol. The topological polar surface area (TPSA) is 32.3 Å². The molecule has 1 amide bonds. The van der Waals surface area contributed by atoms with Crippen molar-refractivity contribution in [2.24, 2.45) is 0 Å². The fourth-order valence-corrected chi connectivity index (χ4v) is 1.79. The van der Waals surface area contributed by atoms with Gasteiger partial charge in [0.25, 0.3) is 0 Å². The van der Waals surface area contributed by atoms with Crippen LogP contribution in [0.15, 0.2) is 0 Å². The van der Waals surface area contributed by atoms with Crippen LogP contribution in [0.4, 0.5) is 0 Å². The van der Waals surface area contributed by atoms with E-state index in [-0.39, 0.29) is 11.9 Å². The first-order valence-corrected chi connectivity index (χ1v) is 5.75. The van der Waals surface area contributed by atoms with Crippen molar-refractivity contribution in [3.63, 3.8) is 0 Å². The van der Waals surface area contributed by atoms with Gasteiger partial charge < -0.3 is 4.90 Å². The standard InChI is InChI=1S/C12H20N2O/c1-3-11(4-2)13-10-12(15)14-8-6-5-7-9-14/h1,11,13H,4-10H2,2H3. The summed E-state index contributed by atoms with van der Waals surface area (Å²) >= 11 is 0. The quantitative estimate of drug-likeness (QED) is 0.699. The molecule has 0 aromatic rings. The normalized spacial score (nSPS) is 18.3. The van der Waals surface area contributed by atoms with E-state index in [1.807, 2.05) is 11.8 Å². The van der Waals surface area contributed by atoms with E-state index in [1.165, 1.54) is 6.42 Å². The van der Waals surface area contributed by atoms with Crippen LogP contribution in [0, 0.1) is 12.3 Å². The van der Waals surface area contributed by atoms with Crippen molar-refractivity contribution in [1.82, 2.24) is 10.2 Å². The van der Waals surface area contributed by atoms with Crippen molar-refractivity contribution in [3.05, 3.63) is 0 Å². The van der Waals surface area contributed by atoms with Crippen LogP contribution in [0.1, 0.15) is 32.6 Å². The second kappa shape index (κ2) is 6.47. The molecule has 0 bridgehead atoms. The Morgan fingerprint density at radius 1 is 1.47 bits per heavy atom. The van der Waals surface area contributed by atoms with E-state index in [4.69, 9.17) is 6.42 Å². The number of hydrogen-bond donors (Lipinski definition) is 1. The highest BCUT2D eigenvalue weighted by atomic mass is 16.2. The van der Waals surface area contributed by atoms with Crippen LogP contribution in [0.3, 0.4) is 0 Å². The first-order valence-electron chi connectivity index (χ1n) is 5.75. The average molecular weight is 208 g/mol. The number of amides is 1. The molecule has 1 saturated heterocycles. The maximum absolute atomic E-state index is 11.7. The molecule has 0 aromatic carbocycles. The lowest BCUT2D eigenvalue weighted by molar-refractivity contribution is -0.131. The molecule has 3 heteroatoms. The van der Waals surface area contributed by atoms with E-state index >= 15 is 0 Å². The molecule has 1 aliphatic heterocycles. The molecule has 1 unspecified atom stereocenters. The second-order valence-corrected chi connectivity index (χ2v) is 3.95. The van der Waals surface area contributed by atoms with Gasteiger partial charge in [0.05, 0.1) is 12.6 Å². The third-order valence-electron chi connectivity index (χ3n) is 2.82. The van der Waals surface area contributed by atoms with Crippen LogP contribution in [-0.2, 0) is 4.79 Å². The number of carbonyl (C=O) groups excluding carboxylic acids is 1. The molecule has 0 radical (unpaired) electrons. The Morgan fingerprint density at radius 3 is 2.67 bits per heavy atom. The molecule has 1 N–H and O–H groups in total. The zero-order valence-electron chi connectivity index (χ0n) is 9.46. The summed E-state index contributed by atoms with van der Waals surface area (Å²) in [6.45, 7) is 4.21. The molecule has 0 spiro atoms. The van der Waals surface area contributed by atoms with Gasteiger partial charge in [-0.2, -0.15) is 0 Å². The van der Waals surface area contributed by atoms with Gasteiger partial charge in [-0.3, -0.25) is 10.1 Å². The number of nitrogens with zero attached hydrogens (tertiary/aromatic N) is 1. The summed E-state index contributed by atoms with van der Waals surface area (Å²) in [4.78, 5) is 13.7.